The molecule has 8 rings (SSSR count). The fraction of sp³-hybridized carbons (Fsp3) is 0.351. The highest BCUT2D eigenvalue weighted by molar-refractivity contribution is 5.95. The first kappa shape index (κ1) is 36.7. The number of carbonyl (C=O) groups excluding carboxylic acids is 5. The van der Waals surface area contributed by atoms with E-state index in [1.165, 1.54) is 0 Å². The van der Waals surface area contributed by atoms with Gasteiger partial charge in [0.1, 0.15) is 17.9 Å². The van der Waals surface area contributed by atoms with E-state index in [0.717, 1.165) is 42.9 Å². The van der Waals surface area contributed by atoms with Crippen LogP contribution in [-0.2, 0) is 43.4 Å². The van der Waals surface area contributed by atoms with Gasteiger partial charge in [-0.25, -0.2) is 0 Å². The molecule has 0 saturated carbocycles. The quantitative estimate of drug-likeness (QED) is 0.112. The third-order valence-corrected chi connectivity index (χ3v) is 9.08. The first-order chi connectivity index (χ1) is 24.6. The maximum atomic E-state index is 13.6. The van der Waals surface area contributed by atoms with E-state index in [-0.39, 0.29) is 37.0 Å². The van der Waals surface area contributed by atoms with Gasteiger partial charge in [-0.1, -0.05) is 48.5 Å². The zero-order valence-electron chi connectivity index (χ0n) is 28.5. The van der Waals surface area contributed by atoms with Gasteiger partial charge in [-0.2, -0.15) is 0 Å². The van der Waals surface area contributed by atoms with E-state index in [0.29, 0.717) is 49.3 Å². The lowest BCUT2D eigenvalue weighted by atomic mass is 10.0. The molecule has 14 heteroatoms. The lowest BCUT2D eigenvalue weighted by Crippen LogP contribution is -2.54. The number of anilines is 2. The Morgan fingerprint density at radius 1 is 0.765 bits per heavy atom. The molecule has 0 unspecified atom stereocenters. The summed E-state index contributed by atoms with van der Waals surface area (Å²) in [6.45, 7) is 4.72. The number of nitrogens with one attached hydrogen (secondary N) is 6. The van der Waals surface area contributed by atoms with Gasteiger partial charge in [-0.05, 0) is 41.0 Å². The monoisotopic (exact) mass is 695 g/mol. The highest BCUT2D eigenvalue weighted by Gasteiger charge is 2.26. The number of rotatable bonds is 6. The number of amides is 5. The standard InChI is InChI=1S/C37H45N9O5/c38-35(39)28-7-1-27(2-8-28)23-40-36(50)32-22-26-5-11-30(12-6-26)43-34(49)14-16-46-19-17-45(18-20-46)15-13-33(48)42-29-9-3-25(4-10-29)21-31(41-24-47)37(51)44-32/h1-12,24,31-32H,13-23H2,(H3,38,39)(H,40,50)(H,41,47)(H,42,48)(H,43,49)(H,44,51)/t31-,32+/m1/s1. The number of carbonyl (C=O) groups is 5. The van der Waals surface area contributed by atoms with E-state index in [4.69, 9.17) is 11.1 Å². The number of hydrogen-bond donors (Lipinski definition) is 7. The lowest BCUT2D eigenvalue weighted by Gasteiger charge is -2.34. The predicted octanol–water partition coefficient (Wildman–Crippen LogP) is 0.960. The van der Waals surface area contributed by atoms with Crippen molar-refractivity contribution in [3.05, 3.63) is 95.1 Å². The summed E-state index contributed by atoms with van der Waals surface area (Å²) in [7, 11) is 0. The first-order valence-corrected chi connectivity index (χ1v) is 17.1. The predicted molar refractivity (Wildman–Crippen MR) is 194 cm³/mol. The summed E-state index contributed by atoms with van der Waals surface area (Å²) < 4.78 is 0. The topological polar surface area (TPSA) is 202 Å². The van der Waals surface area contributed by atoms with Crippen LogP contribution in [0.4, 0.5) is 11.4 Å². The average Bonchev–Trinajstić information content (AvgIpc) is 3.13. The number of benzene rings is 3. The highest BCUT2D eigenvalue weighted by atomic mass is 16.2. The first-order valence-electron chi connectivity index (χ1n) is 17.1. The van der Waals surface area contributed by atoms with Crippen molar-refractivity contribution >= 4 is 47.2 Å². The van der Waals surface area contributed by atoms with Crippen LogP contribution in [0, 0.1) is 5.41 Å². The van der Waals surface area contributed by atoms with Gasteiger partial charge in [0, 0.05) is 88.4 Å². The Bertz CT molecular complexity index is 1690. The Labute approximate surface area is 297 Å². The molecule has 268 valence electrons. The van der Waals surface area contributed by atoms with Gasteiger partial charge in [0.15, 0.2) is 0 Å². The average molecular weight is 696 g/mol. The van der Waals surface area contributed by atoms with E-state index >= 15 is 0 Å². The normalized spacial score (nSPS) is 21.9. The van der Waals surface area contributed by atoms with Crippen molar-refractivity contribution in [1.29, 1.82) is 5.41 Å². The minimum absolute atomic E-state index is 0.0609. The molecule has 3 aromatic rings. The number of fused-ring (bicyclic) bond motifs is 3. The molecular weight excluding hydrogens is 650 g/mol. The Morgan fingerprint density at radius 2 is 1.27 bits per heavy atom. The molecule has 14 nitrogen and oxygen atoms in total. The molecule has 0 radical (unpaired) electrons. The molecule has 3 aromatic carbocycles. The maximum Gasteiger partial charge on any atom is 0.243 e. The summed E-state index contributed by atoms with van der Waals surface area (Å²) in [4.78, 5) is 68.6. The Balaban J connectivity index is 1.34. The van der Waals surface area contributed by atoms with Crippen LogP contribution < -0.4 is 32.3 Å². The van der Waals surface area contributed by atoms with Crippen molar-refractivity contribution < 1.29 is 24.0 Å². The van der Waals surface area contributed by atoms with Crippen LogP contribution in [0.2, 0.25) is 0 Å². The molecule has 5 aliphatic rings. The van der Waals surface area contributed by atoms with E-state index < -0.39 is 23.9 Å². The molecule has 5 heterocycles. The van der Waals surface area contributed by atoms with E-state index in [1.807, 2.05) is 0 Å². The minimum Gasteiger partial charge on any atom is -0.384 e. The number of nitrogens with two attached hydrogens (primary N) is 1. The summed E-state index contributed by atoms with van der Waals surface area (Å²) in [6, 6.07) is 19.1. The molecule has 8 N–H and O–H groups in total. The molecule has 5 aliphatic heterocycles. The Hall–Kier alpha value is -5.60. The summed E-state index contributed by atoms with van der Waals surface area (Å²) in [5, 5.41) is 21.7. The number of amidine groups is 1. The summed E-state index contributed by atoms with van der Waals surface area (Å²) in [5.41, 5.74) is 9.62. The van der Waals surface area contributed by atoms with Gasteiger partial charge in [0.2, 0.25) is 30.0 Å². The van der Waals surface area contributed by atoms with E-state index in [9.17, 15) is 24.0 Å². The number of nitrogens with zero attached hydrogens (tertiary/aromatic N) is 2. The maximum absolute atomic E-state index is 13.6. The molecule has 5 amide bonds. The lowest BCUT2D eigenvalue weighted by molar-refractivity contribution is -0.130. The molecule has 1 fully saturated rings. The Kier molecular flexibility index (Phi) is 12.9. The van der Waals surface area contributed by atoms with Gasteiger partial charge >= 0.3 is 0 Å². The van der Waals surface area contributed by atoms with Gasteiger partial charge < -0.3 is 42.1 Å². The van der Waals surface area contributed by atoms with Gasteiger partial charge in [-0.15, -0.1) is 0 Å². The number of piperazine rings is 1. The SMILES string of the molecule is N=C(N)c1ccc(CNC(=O)[C@@H]2Cc3ccc(cc3)NC(=O)CCN3CCN(CCC(=O)Nc4ccc(cc4)C[C@@H](NC=O)C(=O)N2)CC3)cc1. The zero-order chi connectivity index (χ0) is 36.2. The third kappa shape index (κ3) is 11.2. The second-order valence-electron chi connectivity index (χ2n) is 12.8. The van der Waals surface area contributed by atoms with Gasteiger partial charge in [0.05, 0.1) is 0 Å². The van der Waals surface area contributed by atoms with Crippen LogP contribution in [-0.4, -0.2) is 97.0 Å². The second kappa shape index (κ2) is 17.9. The van der Waals surface area contributed by atoms with Crippen LogP contribution >= 0.6 is 0 Å². The van der Waals surface area contributed by atoms with Crippen molar-refractivity contribution in [3.8, 4) is 0 Å². The molecule has 2 atom stereocenters. The summed E-state index contributed by atoms with van der Waals surface area (Å²) >= 11 is 0. The molecule has 0 aliphatic carbocycles. The molecule has 51 heavy (non-hydrogen) atoms. The number of nitrogen functional groups attached to an aromatic ring is 1. The van der Waals surface area contributed by atoms with Crippen LogP contribution in [0.1, 0.15) is 35.1 Å². The van der Waals surface area contributed by atoms with E-state index in [1.54, 1.807) is 72.8 Å². The summed E-state index contributed by atoms with van der Waals surface area (Å²) in [5.74, 6) is -1.25. The van der Waals surface area contributed by atoms with Crippen LogP contribution in [0.3, 0.4) is 0 Å². The minimum atomic E-state index is -0.998. The highest BCUT2D eigenvalue weighted by Crippen LogP contribution is 2.15. The third-order valence-electron chi connectivity index (χ3n) is 9.08. The van der Waals surface area contributed by atoms with Crippen molar-refractivity contribution in [2.75, 3.05) is 49.9 Å². The van der Waals surface area contributed by atoms with Crippen molar-refractivity contribution in [3.63, 3.8) is 0 Å². The van der Waals surface area contributed by atoms with Crippen molar-refractivity contribution in [2.45, 2.75) is 44.3 Å². The summed E-state index contributed by atoms with van der Waals surface area (Å²) in [6.07, 6.45) is 1.42. The van der Waals surface area contributed by atoms with E-state index in [2.05, 4.69) is 36.4 Å². The molecular formula is C37H45N9O5. The fourth-order valence-corrected chi connectivity index (χ4v) is 6.03. The van der Waals surface area contributed by atoms with Crippen molar-refractivity contribution in [1.82, 2.24) is 25.8 Å². The Morgan fingerprint density at radius 3 is 1.76 bits per heavy atom. The van der Waals surface area contributed by atoms with Crippen LogP contribution in [0.5, 0.6) is 0 Å². The molecule has 0 aromatic heterocycles. The van der Waals surface area contributed by atoms with Crippen molar-refractivity contribution in [2.24, 2.45) is 5.73 Å². The van der Waals surface area contributed by atoms with Gasteiger partial charge in [0.25, 0.3) is 0 Å². The van der Waals surface area contributed by atoms with Crippen LogP contribution in [0.15, 0.2) is 72.8 Å². The smallest absolute Gasteiger partial charge is 0.243 e. The van der Waals surface area contributed by atoms with Crippen LogP contribution in [0.25, 0.3) is 0 Å². The zero-order valence-corrected chi connectivity index (χ0v) is 28.5. The molecule has 6 bridgehead atoms. The second-order valence-corrected chi connectivity index (χ2v) is 12.8. The molecule has 0 spiro atoms. The number of hydrogen-bond acceptors (Lipinski definition) is 8. The molecule has 1 saturated heterocycles. The largest absolute Gasteiger partial charge is 0.384 e. The fourth-order valence-electron chi connectivity index (χ4n) is 6.03. The van der Waals surface area contributed by atoms with Gasteiger partial charge in [-0.3, -0.25) is 29.4 Å².